The van der Waals surface area contributed by atoms with Crippen LogP contribution in [0, 0.1) is 11.3 Å². The Morgan fingerprint density at radius 1 is 1.48 bits per heavy atom. The molecule has 0 saturated heterocycles. The molecule has 0 aliphatic carbocycles. The molecule has 0 N–H and O–H groups in total. The van der Waals surface area contributed by atoms with Crippen LogP contribution >= 0.6 is 0 Å². The molecule has 2 aromatic rings. The van der Waals surface area contributed by atoms with Crippen molar-refractivity contribution in [3.05, 3.63) is 53.3 Å². The Kier molecular flexibility index (Phi) is 4.29. The van der Waals surface area contributed by atoms with Gasteiger partial charge in [0.05, 0.1) is 17.9 Å². The monoisotopic (exact) mass is 306 g/mol. The number of fused-ring (bicyclic) bond motifs is 1. The van der Waals surface area contributed by atoms with Crippen LogP contribution in [0.4, 0.5) is 0 Å². The molecule has 0 spiro atoms. The molecule has 1 atom stereocenters. The number of pyridine rings is 1. The number of nitrogens with zero attached hydrogens (tertiary/aromatic N) is 2. The molecule has 0 amide bonds. The zero-order chi connectivity index (χ0) is 16.2. The van der Waals surface area contributed by atoms with Gasteiger partial charge in [-0.05, 0) is 44.2 Å². The number of nitriles is 1. The second kappa shape index (κ2) is 6.53. The fraction of sp³-hybridized carbons (Fsp3) is 0.263. The lowest BCUT2D eigenvalue weighted by atomic mass is 10.0. The largest absolute Gasteiger partial charge is 0.493 e. The molecular formula is C19H18N2O2. The first-order chi connectivity index (χ1) is 11.2. The summed E-state index contributed by atoms with van der Waals surface area (Å²) in [6, 6.07) is 11.7. The average molecular weight is 306 g/mol. The molecule has 1 unspecified atom stereocenters. The van der Waals surface area contributed by atoms with Crippen LogP contribution < -0.4 is 9.47 Å². The predicted octanol–water partition coefficient (Wildman–Crippen LogP) is 3.87. The number of ether oxygens (including phenoxy) is 2. The third-order valence-corrected chi connectivity index (χ3v) is 3.69. The second-order valence-corrected chi connectivity index (χ2v) is 5.45. The molecule has 23 heavy (non-hydrogen) atoms. The maximum Gasteiger partial charge on any atom is 0.127 e. The first-order valence-corrected chi connectivity index (χ1v) is 7.71. The summed E-state index contributed by atoms with van der Waals surface area (Å²) in [4.78, 5) is 4.24. The van der Waals surface area contributed by atoms with Gasteiger partial charge in [0, 0.05) is 23.7 Å². The summed E-state index contributed by atoms with van der Waals surface area (Å²) in [6.45, 7) is 4.57. The van der Waals surface area contributed by atoms with Crippen LogP contribution in [0.25, 0.3) is 11.6 Å². The SMILES string of the molecule is CCOc1cc2c(cc1/C=C(\C#N)c1ccccn1)OC(C)C2. The third-order valence-electron chi connectivity index (χ3n) is 3.69. The molecule has 2 heterocycles. The van der Waals surface area contributed by atoms with Gasteiger partial charge in [-0.2, -0.15) is 5.26 Å². The van der Waals surface area contributed by atoms with Gasteiger partial charge in [0.15, 0.2) is 0 Å². The zero-order valence-electron chi connectivity index (χ0n) is 13.2. The minimum Gasteiger partial charge on any atom is -0.493 e. The Morgan fingerprint density at radius 3 is 3.04 bits per heavy atom. The van der Waals surface area contributed by atoms with Crippen molar-refractivity contribution in [2.45, 2.75) is 26.4 Å². The highest BCUT2D eigenvalue weighted by atomic mass is 16.5. The van der Waals surface area contributed by atoms with Crippen LogP contribution in [0.5, 0.6) is 11.5 Å². The second-order valence-electron chi connectivity index (χ2n) is 5.45. The highest BCUT2D eigenvalue weighted by Crippen LogP contribution is 2.36. The topological polar surface area (TPSA) is 55.1 Å². The van der Waals surface area contributed by atoms with E-state index in [0.717, 1.165) is 29.0 Å². The fourth-order valence-electron chi connectivity index (χ4n) is 2.69. The summed E-state index contributed by atoms with van der Waals surface area (Å²) in [5, 5.41) is 9.47. The van der Waals surface area contributed by atoms with E-state index < -0.39 is 0 Å². The molecule has 116 valence electrons. The molecule has 3 rings (SSSR count). The highest BCUT2D eigenvalue weighted by Gasteiger charge is 2.21. The number of hydrogen-bond acceptors (Lipinski definition) is 4. The Hall–Kier alpha value is -2.80. The number of hydrogen-bond donors (Lipinski definition) is 0. The summed E-state index contributed by atoms with van der Waals surface area (Å²) in [5.74, 6) is 1.64. The van der Waals surface area contributed by atoms with Gasteiger partial charge in [0.2, 0.25) is 0 Å². The number of benzene rings is 1. The minimum atomic E-state index is 0.171. The lowest BCUT2D eigenvalue weighted by molar-refractivity contribution is 0.254. The molecule has 0 bridgehead atoms. The summed E-state index contributed by atoms with van der Waals surface area (Å²) < 4.78 is 11.6. The van der Waals surface area contributed by atoms with Gasteiger partial charge in [-0.3, -0.25) is 4.98 Å². The van der Waals surface area contributed by atoms with Crippen LogP contribution in [-0.4, -0.2) is 17.7 Å². The van der Waals surface area contributed by atoms with E-state index >= 15 is 0 Å². The van der Waals surface area contributed by atoms with E-state index in [9.17, 15) is 5.26 Å². The molecule has 1 aliphatic rings. The van der Waals surface area contributed by atoms with Gasteiger partial charge in [0.1, 0.15) is 23.7 Å². The van der Waals surface area contributed by atoms with Crippen LogP contribution in [-0.2, 0) is 6.42 Å². The molecule has 0 fully saturated rings. The van der Waals surface area contributed by atoms with Gasteiger partial charge in [-0.15, -0.1) is 0 Å². The van der Waals surface area contributed by atoms with E-state index in [4.69, 9.17) is 9.47 Å². The van der Waals surface area contributed by atoms with Crippen LogP contribution in [0.1, 0.15) is 30.7 Å². The van der Waals surface area contributed by atoms with Crippen LogP contribution in [0.3, 0.4) is 0 Å². The van der Waals surface area contributed by atoms with Crippen molar-refractivity contribution >= 4 is 11.6 Å². The Bertz CT molecular complexity index is 776. The first-order valence-electron chi connectivity index (χ1n) is 7.71. The number of rotatable bonds is 4. The van der Waals surface area contributed by atoms with Crippen LogP contribution in [0.15, 0.2) is 36.5 Å². The van der Waals surface area contributed by atoms with Crippen molar-refractivity contribution in [1.82, 2.24) is 4.98 Å². The molecule has 1 aromatic carbocycles. The van der Waals surface area contributed by atoms with Gasteiger partial charge in [0.25, 0.3) is 0 Å². The maximum atomic E-state index is 9.47. The van der Waals surface area contributed by atoms with Crippen molar-refractivity contribution in [3.8, 4) is 17.6 Å². The number of allylic oxidation sites excluding steroid dienone is 1. The molecular weight excluding hydrogens is 288 g/mol. The van der Waals surface area contributed by atoms with Crippen molar-refractivity contribution in [2.24, 2.45) is 0 Å². The van der Waals surface area contributed by atoms with Gasteiger partial charge >= 0.3 is 0 Å². The highest BCUT2D eigenvalue weighted by molar-refractivity contribution is 5.89. The van der Waals surface area contributed by atoms with Crippen molar-refractivity contribution < 1.29 is 9.47 Å². The summed E-state index contributed by atoms with van der Waals surface area (Å²) >= 11 is 0. The van der Waals surface area contributed by atoms with E-state index in [1.165, 1.54) is 0 Å². The molecule has 1 aromatic heterocycles. The van der Waals surface area contributed by atoms with Gasteiger partial charge < -0.3 is 9.47 Å². The number of aromatic nitrogens is 1. The summed E-state index contributed by atoms with van der Waals surface area (Å²) in [5.41, 5.74) is 3.13. The Labute approximate surface area is 136 Å². The fourth-order valence-corrected chi connectivity index (χ4v) is 2.69. The lowest BCUT2D eigenvalue weighted by Crippen LogP contribution is -2.05. The van der Waals surface area contributed by atoms with E-state index in [2.05, 4.69) is 11.1 Å². The standard InChI is InChI=1S/C19H18N2O2/c1-3-22-18-10-14-8-13(2)23-19(14)11-15(18)9-16(12-20)17-6-4-5-7-21-17/h4-7,9-11,13H,3,8H2,1-2H3/b16-9+. The lowest BCUT2D eigenvalue weighted by Gasteiger charge is -2.10. The minimum absolute atomic E-state index is 0.171. The third kappa shape index (κ3) is 3.19. The smallest absolute Gasteiger partial charge is 0.127 e. The first kappa shape index (κ1) is 15.1. The summed E-state index contributed by atoms with van der Waals surface area (Å²) in [7, 11) is 0. The molecule has 1 aliphatic heterocycles. The molecule has 4 heteroatoms. The summed E-state index contributed by atoms with van der Waals surface area (Å²) in [6.07, 6.45) is 4.53. The Balaban J connectivity index is 2.06. The van der Waals surface area contributed by atoms with Gasteiger partial charge in [-0.1, -0.05) is 6.07 Å². The van der Waals surface area contributed by atoms with E-state index in [1.54, 1.807) is 12.3 Å². The van der Waals surface area contributed by atoms with Crippen molar-refractivity contribution in [2.75, 3.05) is 6.61 Å². The van der Waals surface area contributed by atoms with E-state index in [0.29, 0.717) is 17.9 Å². The molecule has 0 radical (unpaired) electrons. The zero-order valence-corrected chi connectivity index (χ0v) is 13.2. The maximum absolute atomic E-state index is 9.47. The van der Waals surface area contributed by atoms with Crippen molar-refractivity contribution in [1.29, 1.82) is 5.26 Å². The van der Waals surface area contributed by atoms with E-state index in [1.807, 2.05) is 44.2 Å². The van der Waals surface area contributed by atoms with Crippen molar-refractivity contribution in [3.63, 3.8) is 0 Å². The molecule has 4 nitrogen and oxygen atoms in total. The predicted molar refractivity (Wildman–Crippen MR) is 89.1 cm³/mol. The quantitative estimate of drug-likeness (QED) is 0.805. The van der Waals surface area contributed by atoms with E-state index in [-0.39, 0.29) is 6.10 Å². The normalized spacial score (nSPS) is 16.4. The van der Waals surface area contributed by atoms with Gasteiger partial charge in [-0.25, -0.2) is 0 Å². The van der Waals surface area contributed by atoms with Crippen LogP contribution in [0.2, 0.25) is 0 Å². The molecule has 0 saturated carbocycles. The Morgan fingerprint density at radius 2 is 2.35 bits per heavy atom. The average Bonchev–Trinajstić information content (AvgIpc) is 2.92.